The maximum atomic E-state index is 12.1. The van der Waals surface area contributed by atoms with E-state index in [1.54, 1.807) is 18.2 Å². The molecule has 0 saturated carbocycles. The van der Waals surface area contributed by atoms with Crippen molar-refractivity contribution in [2.75, 3.05) is 18.0 Å². The Morgan fingerprint density at radius 3 is 3.11 bits per heavy atom. The van der Waals surface area contributed by atoms with Crippen LogP contribution in [0.2, 0.25) is 5.02 Å². The van der Waals surface area contributed by atoms with Gasteiger partial charge in [0.05, 0.1) is 15.9 Å². The Labute approximate surface area is 115 Å². The number of aromatic nitrogens is 2. The molecule has 1 aromatic carbocycles. The van der Waals surface area contributed by atoms with Crippen molar-refractivity contribution in [3.05, 3.63) is 33.6 Å². The summed E-state index contributed by atoms with van der Waals surface area (Å²) in [7, 11) is 0. The van der Waals surface area contributed by atoms with Crippen molar-refractivity contribution in [3.8, 4) is 0 Å². The lowest BCUT2D eigenvalue weighted by Gasteiger charge is -2.31. The third kappa shape index (κ3) is 2.31. The predicted molar refractivity (Wildman–Crippen MR) is 76.8 cm³/mol. The smallest absolute Gasteiger partial charge is 0.260 e. The number of halogens is 1. The number of nitrogens with two attached hydrogens (primary N) is 1. The van der Waals surface area contributed by atoms with Gasteiger partial charge in [-0.25, -0.2) is 4.98 Å². The van der Waals surface area contributed by atoms with E-state index in [-0.39, 0.29) is 11.6 Å². The third-order valence-electron chi connectivity index (χ3n) is 3.43. The van der Waals surface area contributed by atoms with Crippen LogP contribution in [0.3, 0.4) is 0 Å². The first-order chi connectivity index (χ1) is 9.15. The molecule has 0 amide bonds. The minimum atomic E-state index is -0.165. The number of rotatable bonds is 1. The minimum Gasteiger partial charge on any atom is -0.341 e. The number of aromatic amines is 1. The van der Waals surface area contributed by atoms with Crippen LogP contribution in [0, 0.1) is 0 Å². The van der Waals surface area contributed by atoms with Crippen molar-refractivity contribution in [1.82, 2.24) is 9.97 Å². The molecule has 0 bridgehead atoms. The molecule has 1 atom stereocenters. The van der Waals surface area contributed by atoms with Gasteiger partial charge in [-0.15, -0.1) is 0 Å². The minimum absolute atomic E-state index is 0.126. The molecule has 0 spiro atoms. The average molecular weight is 279 g/mol. The van der Waals surface area contributed by atoms with Gasteiger partial charge in [-0.05, 0) is 25.0 Å². The Morgan fingerprint density at radius 2 is 2.32 bits per heavy atom. The highest BCUT2D eigenvalue weighted by Gasteiger charge is 2.19. The molecule has 100 valence electrons. The fourth-order valence-corrected chi connectivity index (χ4v) is 2.68. The van der Waals surface area contributed by atoms with Gasteiger partial charge in [-0.1, -0.05) is 17.7 Å². The number of hydrogen-bond donors (Lipinski definition) is 2. The van der Waals surface area contributed by atoms with E-state index >= 15 is 0 Å². The molecule has 6 heteroatoms. The lowest BCUT2D eigenvalue weighted by Crippen LogP contribution is -2.44. The van der Waals surface area contributed by atoms with Crippen LogP contribution in [0.5, 0.6) is 0 Å². The van der Waals surface area contributed by atoms with E-state index in [2.05, 4.69) is 9.97 Å². The zero-order chi connectivity index (χ0) is 13.4. The van der Waals surface area contributed by atoms with Crippen molar-refractivity contribution in [3.63, 3.8) is 0 Å². The summed E-state index contributed by atoms with van der Waals surface area (Å²) < 4.78 is 0. The van der Waals surface area contributed by atoms with Crippen LogP contribution < -0.4 is 16.2 Å². The second-order valence-electron chi connectivity index (χ2n) is 4.87. The van der Waals surface area contributed by atoms with Crippen LogP contribution >= 0.6 is 11.6 Å². The van der Waals surface area contributed by atoms with E-state index in [1.165, 1.54) is 0 Å². The molecule has 1 aromatic heterocycles. The largest absolute Gasteiger partial charge is 0.341 e. The van der Waals surface area contributed by atoms with Crippen molar-refractivity contribution >= 4 is 28.5 Å². The maximum absolute atomic E-state index is 12.1. The van der Waals surface area contributed by atoms with Crippen LogP contribution in [-0.2, 0) is 0 Å². The number of benzene rings is 1. The van der Waals surface area contributed by atoms with Gasteiger partial charge in [-0.2, -0.15) is 0 Å². The molecule has 5 nitrogen and oxygen atoms in total. The maximum Gasteiger partial charge on any atom is 0.260 e. The lowest BCUT2D eigenvalue weighted by molar-refractivity contribution is 0.500. The molecule has 19 heavy (non-hydrogen) atoms. The van der Waals surface area contributed by atoms with Crippen LogP contribution in [0.4, 0.5) is 5.95 Å². The zero-order valence-corrected chi connectivity index (χ0v) is 11.2. The molecular weight excluding hydrogens is 264 g/mol. The highest BCUT2D eigenvalue weighted by atomic mass is 35.5. The summed E-state index contributed by atoms with van der Waals surface area (Å²) in [6.45, 7) is 1.56. The van der Waals surface area contributed by atoms with E-state index in [0.29, 0.717) is 28.4 Å². The molecule has 0 radical (unpaired) electrons. The molecule has 0 aliphatic carbocycles. The number of para-hydroxylation sites is 1. The van der Waals surface area contributed by atoms with Crippen molar-refractivity contribution < 1.29 is 0 Å². The SMILES string of the molecule is NC1CCCN(c2nc3c(Cl)cccc3c(=O)[nH]2)C1. The fourth-order valence-electron chi connectivity index (χ4n) is 2.47. The number of H-pyrrole nitrogens is 1. The molecule has 2 heterocycles. The highest BCUT2D eigenvalue weighted by molar-refractivity contribution is 6.35. The number of piperidine rings is 1. The summed E-state index contributed by atoms with van der Waals surface area (Å²) in [6, 6.07) is 5.33. The molecule has 2 aromatic rings. The Hall–Kier alpha value is -1.59. The van der Waals surface area contributed by atoms with Crippen molar-refractivity contribution in [2.45, 2.75) is 18.9 Å². The van der Waals surface area contributed by atoms with Gasteiger partial charge in [0.15, 0.2) is 0 Å². The molecule has 1 unspecified atom stereocenters. The van der Waals surface area contributed by atoms with E-state index in [0.717, 1.165) is 19.4 Å². The molecule has 3 rings (SSSR count). The first-order valence-electron chi connectivity index (χ1n) is 6.34. The second-order valence-corrected chi connectivity index (χ2v) is 5.28. The molecule has 1 aliphatic heterocycles. The summed E-state index contributed by atoms with van der Waals surface area (Å²) in [6.07, 6.45) is 2.01. The number of nitrogens with zero attached hydrogens (tertiary/aromatic N) is 2. The van der Waals surface area contributed by atoms with E-state index in [9.17, 15) is 4.79 Å². The summed E-state index contributed by atoms with van der Waals surface area (Å²) in [5.41, 5.74) is 6.33. The zero-order valence-electron chi connectivity index (χ0n) is 10.4. The van der Waals surface area contributed by atoms with Gasteiger partial charge < -0.3 is 10.6 Å². The van der Waals surface area contributed by atoms with Gasteiger partial charge in [0.2, 0.25) is 5.95 Å². The second kappa shape index (κ2) is 4.83. The average Bonchev–Trinajstić information content (AvgIpc) is 2.40. The number of nitrogens with one attached hydrogen (secondary N) is 1. The molecule has 3 N–H and O–H groups in total. The lowest BCUT2D eigenvalue weighted by atomic mass is 10.1. The van der Waals surface area contributed by atoms with E-state index in [4.69, 9.17) is 17.3 Å². The summed E-state index contributed by atoms with van der Waals surface area (Å²) in [4.78, 5) is 21.4. The van der Waals surface area contributed by atoms with Gasteiger partial charge in [0.1, 0.15) is 0 Å². The van der Waals surface area contributed by atoms with E-state index in [1.807, 2.05) is 4.90 Å². The number of anilines is 1. The molecule has 1 aliphatic rings. The Balaban J connectivity index is 2.10. The first kappa shape index (κ1) is 12.4. The summed E-state index contributed by atoms with van der Waals surface area (Å²) in [5, 5.41) is 1.00. The van der Waals surface area contributed by atoms with Gasteiger partial charge in [0.25, 0.3) is 5.56 Å². The predicted octanol–water partition coefficient (Wildman–Crippen LogP) is 1.50. The van der Waals surface area contributed by atoms with Crippen LogP contribution in [0.25, 0.3) is 10.9 Å². The van der Waals surface area contributed by atoms with Gasteiger partial charge >= 0.3 is 0 Å². The highest BCUT2D eigenvalue weighted by Crippen LogP contribution is 2.21. The molecular formula is C13H15ClN4O. The number of fused-ring (bicyclic) bond motifs is 1. The van der Waals surface area contributed by atoms with Crippen LogP contribution in [0.1, 0.15) is 12.8 Å². The topological polar surface area (TPSA) is 75.0 Å². The standard InChI is InChI=1S/C13H15ClN4O/c14-10-5-1-4-9-11(10)16-13(17-12(9)19)18-6-2-3-8(15)7-18/h1,4-5,8H,2-3,6-7,15H2,(H,16,17,19). The van der Waals surface area contributed by atoms with E-state index < -0.39 is 0 Å². The van der Waals surface area contributed by atoms with Crippen LogP contribution in [0.15, 0.2) is 23.0 Å². The fraction of sp³-hybridized carbons (Fsp3) is 0.385. The quantitative estimate of drug-likeness (QED) is 0.829. The molecule has 1 fully saturated rings. The van der Waals surface area contributed by atoms with Crippen molar-refractivity contribution in [2.24, 2.45) is 5.73 Å². The Bertz CT molecular complexity index is 669. The van der Waals surface area contributed by atoms with Crippen LogP contribution in [-0.4, -0.2) is 29.1 Å². The van der Waals surface area contributed by atoms with Gasteiger partial charge in [0, 0.05) is 19.1 Å². The third-order valence-corrected chi connectivity index (χ3v) is 3.74. The Morgan fingerprint density at radius 1 is 1.47 bits per heavy atom. The normalized spacial score (nSPS) is 19.9. The monoisotopic (exact) mass is 278 g/mol. The van der Waals surface area contributed by atoms with Gasteiger partial charge in [-0.3, -0.25) is 9.78 Å². The number of hydrogen-bond acceptors (Lipinski definition) is 4. The van der Waals surface area contributed by atoms with Crippen molar-refractivity contribution in [1.29, 1.82) is 0 Å². The summed E-state index contributed by atoms with van der Waals surface area (Å²) >= 11 is 6.11. The molecule has 1 saturated heterocycles. The summed E-state index contributed by atoms with van der Waals surface area (Å²) in [5.74, 6) is 0.556. The Kier molecular flexibility index (Phi) is 3.16. The first-order valence-corrected chi connectivity index (χ1v) is 6.72.